The highest BCUT2D eigenvalue weighted by atomic mass is 32.2. The van der Waals surface area contributed by atoms with Crippen LogP contribution in [-0.2, 0) is 7.05 Å². The molecule has 1 atom stereocenters. The summed E-state index contributed by atoms with van der Waals surface area (Å²) in [6.07, 6.45) is 7.88. The SMILES string of the molecule is Cn1ccnc1SCC1CCCCN1. The molecule has 1 aliphatic rings. The van der Waals surface area contributed by atoms with Gasteiger partial charge in [-0.3, -0.25) is 0 Å². The molecular weight excluding hydrogens is 194 g/mol. The Hall–Kier alpha value is -0.480. The van der Waals surface area contributed by atoms with Crippen LogP contribution in [0.2, 0.25) is 0 Å². The molecule has 1 aromatic rings. The number of piperidine rings is 1. The van der Waals surface area contributed by atoms with Crippen molar-refractivity contribution >= 4 is 11.8 Å². The Morgan fingerprint density at radius 1 is 1.64 bits per heavy atom. The number of aryl methyl sites for hydroxylation is 1. The molecule has 1 aromatic heterocycles. The molecule has 0 amide bonds. The molecule has 4 heteroatoms. The topological polar surface area (TPSA) is 29.9 Å². The minimum atomic E-state index is 0.686. The maximum Gasteiger partial charge on any atom is 0.167 e. The number of nitrogens with zero attached hydrogens (tertiary/aromatic N) is 2. The lowest BCUT2D eigenvalue weighted by molar-refractivity contribution is 0.429. The van der Waals surface area contributed by atoms with Gasteiger partial charge in [0.1, 0.15) is 0 Å². The number of thioether (sulfide) groups is 1. The van der Waals surface area contributed by atoms with Crippen LogP contribution in [-0.4, -0.2) is 27.9 Å². The normalized spacial score (nSPS) is 22.5. The number of hydrogen-bond donors (Lipinski definition) is 1. The summed E-state index contributed by atoms with van der Waals surface area (Å²) in [5.41, 5.74) is 0. The summed E-state index contributed by atoms with van der Waals surface area (Å²) in [5.74, 6) is 1.14. The molecule has 1 saturated heterocycles. The first-order chi connectivity index (χ1) is 6.86. The first-order valence-electron chi connectivity index (χ1n) is 5.20. The minimum absolute atomic E-state index is 0.686. The predicted molar refractivity (Wildman–Crippen MR) is 59.6 cm³/mol. The van der Waals surface area contributed by atoms with E-state index in [1.165, 1.54) is 25.8 Å². The van der Waals surface area contributed by atoms with Crippen LogP contribution >= 0.6 is 11.8 Å². The first-order valence-corrected chi connectivity index (χ1v) is 6.18. The third-order valence-corrected chi connectivity index (χ3v) is 3.82. The third-order valence-electron chi connectivity index (χ3n) is 2.60. The van der Waals surface area contributed by atoms with E-state index < -0.39 is 0 Å². The molecule has 2 rings (SSSR count). The van der Waals surface area contributed by atoms with Gasteiger partial charge in [0.2, 0.25) is 0 Å². The van der Waals surface area contributed by atoms with E-state index in [0.29, 0.717) is 6.04 Å². The van der Waals surface area contributed by atoms with E-state index in [1.807, 2.05) is 31.2 Å². The van der Waals surface area contributed by atoms with Crippen molar-refractivity contribution in [2.45, 2.75) is 30.5 Å². The molecule has 1 unspecified atom stereocenters. The highest BCUT2D eigenvalue weighted by Gasteiger charge is 2.13. The Kier molecular flexibility index (Phi) is 3.48. The zero-order chi connectivity index (χ0) is 9.80. The fraction of sp³-hybridized carbons (Fsp3) is 0.700. The largest absolute Gasteiger partial charge is 0.329 e. The Labute approximate surface area is 89.3 Å². The Bertz CT molecular complexity index is 279. The molecule has 1 aliphatic heterocycles. The predicted octanol–water partition coefficient (Wildman–Crippen LogP) is 1.65. The Morgan fingerprint density at radius 2 is 2.57 bits per heavy atom. The van der Waals surface area contributed by atoms with Gasteiger partial charge in [-0.05, 0) is 19.4 Å². The molecule has 0 saturated carbocycles. The lowest BCUT2D eigenvalue weighted by atomic mass is 10.1. The monoisotopic (exact) mass is 211 g/mol. The summed E-state index contributed by atoms with van der Waals surface area (Å²) in [6, 6.07) is 0.686. The summed E-state index contributed by atoms with van der Waals surface area (Å²) in [5, 5.41) is 4.67. The van der Waals surface area contributed by atoms with Crippen molar-refractivity contribution in [2.24, 2.45) is 7.05 Å². The number of rotatable bonds is 3. The highest BCUT2D eigenvalue weighted by molar-refractivity contribution is 7.99. The quantitative estimate of drug-likeness (QED) is 0.771. The zero-order valence-electron chi connectivity index (χ0n) is 8.57. The van der Waals surface area contributed by atoms with Gasteiger partial charge in [-0.25, -0.2) is 4.98 Å². The Morgan fingerprint density at radius 3 is 3.21 bits per heavy atom. The molecule has 0 bridgehead atoms. The van der Waals surface area contributed by atoms with E-state index in [1.54, 1.807) is 0 Å². The zero-order valence-corrected chi connectivity index (χ0v) is 9.39. The second kappa shape index (κ2) is 4.84. The fourth-order valence-corrected chi connectivity index (χ4v) is 2.77. The highest BCUT2D eigenvalue weighted by Crippen LogP contribution is 2.18. The second-order valence-corrected chi connectivity index (χ2v) is 4.77. The Balaban J connectivity index is 1.79. The van der Waals surface area contributed by atoms with Crippen LogP contribution in [0.5, 0.6) is 0 Å². The second-order valence-electron chi connectivity index (χ2n) is 3.78. The van der Waals surface area contributed by atoms with Crippen LogP contribution in [0.4, 0.5) is 0 Å². The van der Waals surface area contributed by atoms with Crippen LogP contribution < -0.4 is 5.32 Å². The van der Waals surface area contributed by atoms with Gasteiger partial charge in [0.05, 0.1) is 0 Å². The summed E-state index contributed by atoms with van der Waals surface area (Å²) < 4.78 is 2.08. The van der Waals surface area contributed by atoms with Crippen LogP contribution in [0.15, 0.2) is 17.6 Å². The van der Waals surface area contributed by atoms with Crippen LogP contribution in [0.25, 0.3) is 0 Å². The van der Waals surface area contributed by atoms with Gasteiger partial charge in [0, 0.05) is 31.2 Å². The van der Waals surface area contributed by atoms with Gasteiger partial charge < -0.3 is 9.88 Å². The van der Waals surface area contributed by atoms with Gasteiger partial charge in [-0.1, -0.05) is 18.2 Å². The standard InChI is InChI=1S/C10H17N3S/c1-13-7-6-12-10(13)14-8-9-4-2-3-5-11-9/h6-7,9,11H,2-5,8H2,1H3. The summed E-state index contributed by atoms with van der Waals surface area (Å²) in [4.78, 5) is 4.30. The van der Waals surface area contributed by atoms with Crippen LogP contribution in [0, 0.1) is 0 Å². The molecule has 0 radical (unpaired) electrons. The van der Waals surface area contributed by atoms with E-state index >= 15 is 0 Å². The lowest BCUT2D eigenvalue weighted by Gasteiger charge is -2.22. The molecule has 2 heterocycles. The van der Waals surface area contributed by atoms with E-state index in [0.717, 1.165) is 10.9 Å². The van der Waals surface area contributed by atoms with Crippen molar-refractivity contribution in [3.63, 3.8) is 0 Å². The molecule has 0 spiro atoms. The van der Waals surface area contributed by atoms with E-state index in [2.05, 4.69) is 14.9 Å². The van der Waals surface area contributed by atoms with Gasteiger partial charge in [0.15, 0.2) is 5.16 Å². The minimum Gasteiger partial charge on any atom is -0.329 e. The van der Waals surface area contributed by atoms with E-state index in [-0.39, 0.29) is 0 Å². The first kappa shape index (κ1) is 10.1. The van der Waals surface area contributed by atoms with Gasteiger partial charge in [0.25, 0.3) is 0 Å². The number of imidazole rings is 1. The molecule has 1 N–H and O–H groups in total. The van der Waals surface area contributed by atoms with Crippen LogP contribution in [0.1, 0.15) is 19.3 Å². The summed E-state index contributed by atoms with van der Waals surface area (Å²) >= 11 is 1.85. The molecular formula is C10H17N3S. The molecule has 0 aliphatic carbocycles. The third kappa shape index (κ3) is 2.51. The van der Waals surface area contributed by atoms with Crippen molar-refractivity contribution in [2.75, 3.05) is 12.3 Å². The molecule has 3 nitrogen and oxygen atoms in total. The van der Waals surface area contributed by atoms with Crippen molar-refractivity contribution in [1.29, 1.82) is 0 Å². The maximum absolute atomic E-state index is 4.30. The van der Waals surface area contributed by atoms with Crippen molar-refractivity contribution < 1.29 is 0 Å². The van der Waals surface area contributed by atoms with E-state index in [4.69, 9.17) is 0 Å². The maximum atomic E-state index is 4.30. The van der Waals surface area contributed by atoms with Gasteiger partial charge in [-0.2, -0.15) is 0 Å². The molecule has 1 fully saturated rings. The fourth-order valence-electron chi connectivity index (χ4n) is 1.73. The smallest absolute Gasteiger partial charge is 0.167 e. The summed E-state index contributed by atoms with van der Waals surface area (Å²) in [7, 11) is 2.05. The lowest BCUT2D eigenvalue weighted by Crippen LogP contribution is -2.35. The molecule has 78 valence electrons. The summed E-state index contributed by atoms with van der Waals surface area (Å²) in [6.45, 7) is 1.19. The average Bonchev–Trinajstić information content (AvgIpc) is 2.63. The van der Waals surface area contributed by atoms with Gasteiger partial charge >= 0.3 is 0 Å². The van der Waals surface area contributed by atoms with Crippen molar-refractivity contribution in [1.82, 2.24) is 14.9 Å². The van der Waals surface area contributed by atoms with E-state index in [9.17, 15) is 0 Å². The number of aromatic nitrogens is 2. The van der Waals surface area contributed by atoms with Crippen molar-refractivity contribution in [3.8, 4) is 0 Å². The number of nitrogens with one attached hydrogen (secondary N) is 1. The van der Waals surface area contributed by atoms with Gasteiger partial charge in [-0.15, -0.1) is 0 Å². The number of hydrogen-bond acceptors (Lipinski definition) is 3. The van der Waals surface area contributed by atoms with Crippen molar-refractivity contribution in [3.05, 3.63) is 12.4 Å². The molecule has 14 heavy (non-hydrogen) atoms. The molecule has 0 aromatic carbocycles. The van der Waals surface area contributed by atoms with Crippen LogP contribution in [0.3, 0.4) is 0 Å². The average molecular weight is 211 g/mol.